The molecule has 0 spiro atoms. The van der Waals surface area contributed by atoms with E-state index < -0.39 is 28.8 Å². The zero-order chi connectivity index (χ0) is 22.0. The van der Waals surface area contributed by atoms with Crippen LogP contribution in [0.1, 0.15) is 49.9 Å². The molecule has 0 aromatic carbocycles. The lowest BCUT2D eigenvalue weighted by Crippen LogP contribution is -2.25. The molecule has 2 aromatic heterocycles. The van der Waals surface area contributed by atoms with Crippen molar-refractivity contribution in [3.8, 4) is 0 Å². The number of thiophene rings is 1. The number of nitrogens with one attached hydrogen (secondary N) is 1. The minimum Gasteiger partial charge on any atom is -0.465 e. The molecule has 1 unspecified atom stereocenters. The molecular formula is C17H20N4O7S. The van der Waals surface area contributed by atoms with E-state index in [1.807, 2.05) is 0 Å². The van der Waals surface area contributed by atoms with Crippen LogP contribution in [0.5, 0.6) is 0 Å². The van der Waals surface area contributed by atoms with Gasteiger partial charge < -0.3 is 14.8 Å². The van der Waals surface area contributed by atoms with Crippen molar-refractivity contribution in [2.45, 2.75) is 33.7 Å². The Morgan fingerprint density at radius 1 is 1.17 bits per heavy atom. The average Bonchev–Trinajstić information content (AvgIpc) is 3.15. The van der Waals surface area contributed by atoms with Crippen LogP contribution in [0, 0.1) is 30.9 Å². The average molecular weight is 424 g/mol. The van der Waals surface area contributed by atoms with Crippen molar-refractivity contribution in [2.75, 3.05) is 19.5 Å². The molecule has 2 aromatic rings. The van der Waals surface area contributed by atoms with Crippen molar-refractivity contribution in [3.05, 3.63) is 37.5 Å². The first-order valence-electron chi connectivity index (χ1n) is 8.36. The Morgan fingerprint density at radius 3 is 2.24 bits per heavy atom. The number of hydrogen-bond acceptors (Lipinski definition) is 9. The summed E-state index contributed by atoms with van der Waals surface area (Å²) in [7, 11) is 2.38. The molecule has 0 saturated carbocycles. The summed E-state index contributed by atoms with van der Waals surface area (Å²) in [6, 6.07) is -0.920. The summed E-state index contributed by atoms with van der Waals surface area (Å²) in [4.78, 5) is 47.7. The number of nitrogens with zero attached hydrogens (tertiary/aromatic N) is 3. The molecule has 12 heteroatoms. The predicted molar refractivity (Wildman–Crippen MR) is 103 cm³/mol. The van der Waals surface area contributed by atoms with Crippen molar-refractivity contribution in [3.63, 3.8) is 0 Å². The van der Waals surface area contributed by atoms with Crippen LogP contribution in [0.4, 0.5) is 10.7 Å². The number of carbonyl (C=O) groups is 3. The Morgan fingerprint density at radius 2 is 1.76 bits per heavy atom. The van der Waals surface area contributed by atoms with E-state index in [1.165, 1.54) is 39.7 Å². The van der Waals surface area contributed by atoms with Gasteiger partial charge in [0.25, 0.3) is 0 Å². The lowest BCUT2D eigenvalue weighted by molar-refractivity contribution is -0.386. The third-order valence-corrected chi connectivity index (χ3v) is 5.55. The molecular weight excluding hydrogens is 404 g/mol. The highest BCUT2D eigenvalue weighted by molar-refractivity contribution is 7.18. The maximum absolute atomic E-state index is 12.8. The number of anilines is 1. The zero-order valence-corrected chi connectivity index (χ0v) is 17.5. The van der Waals surface area contributed by atoms with Crippen molar-refractivity contribution in [1.29, 1.82) is 0 Å². The SMILES string of the molecule is COC(=O)c1sc(NC(=O)C(C)n2nc(C)c([N+](=O)[O-])c2C)c(C(=O)OC)c1C. The van der Waals surface area contributed by atoms with Crippen molar-refractivity contribution < 1.29 is 28.8 Å². The summed E-state index contributed by atoms with van der Waals surface area (Å²) in [6.07, 6.45) is 0. The largest absolute Gasteiger partial charge is 0.465 e. The molecule has 2 rings (SSSR count). The molecule has 0 saturated heterocycles. The van der Waals surface area contributed by atoms with E-state index in [4.69, 9.17) is 9.47 Å². The van der Waals surface area contributed by atoms with E-state index in [-0.39, 0.29) is 32.5 Å². The number of esters is 2. The Balaban J connectivity index is 2.42. The molecule has 11 nitrogen and oxygen atoms in total. The molecule has 0 bridgehead atoms. The van der Waals surface area contributed by atoms with Crippen molar-refractivity contribution in [1.82, 2.24) is 9.78 Å². The van der Waals surface area contributed by atoms with E-state index in [0.29, 0.717) is 5.56 Å². The second-order valence-electron chi connectivity index (χ2n) is 6.13. The summed E-state index contributed by atoms with van der Waals surface area (Å²) < 4.78 is 10.7. The Labute approximate surface area is 169 Å². The first kappa shape index (κ1) is 22.0. The molecule has 1 amide bonds. The molecule has 0 aliphatic carbocycles. The number of amides is 1. The first-order valence-corrected chi connectivity index (χ1v) is 9.17. The van der Waals surface area contributed by atoms with Crippen LogP contribution in [0.3, 0.4) is 0 Å². The van der Waals surface area contributed by atoms with Crippen LogP contribution < -0.4 is 5.32 Å². The van der Waals surface area contributed by atoms with Gasteiger partial charge in [-0.25, -0.2) is 9.59 Å². The van der Waals surface area contributed by atoms with Gasteiger partial charge in [0.1, 0.15) is 27.3 Å². The highest BCUT2D eigenvalue weighted by atomic mass is 32.1. The quantitative estimate of drug-likeness (QED) is 0.423. The second kappa shape index (κ2) is 8.39. The normalized spacial score (nSPS) is 11.7. The molecule has 0 aliphatic rings. The zero-order valence-electron chi connectivity index (χ0n) is 16.7. The third-order valence-electron chi connectivity index (χ3n) is 4.36. The number of nitro groups is 1. The number of ether oxygens (including phenoxy) is 2. The van der Waals surface area contributed by atoms with Gasteiger partial charge in [0.2, 0.25) is 5.91 Å². The van der Waals surface area contributed by atoms with E-state index >= 15 is 0 Å². The lowest BCUT2D eigenvalue weighted by atomic mass is 10.1. The summed E-state index contributed by atoms with van der Waals surface area (Å²) in [6.45, 7) is 6.02. The van der Waals surface area contributed by atoms with Crippen molar-refractivity contribution in [2.24, 2.45) is 0 Å². The van der Waals surface area contributed by atoms with E-state index in [2.05, 4.69) is 10.4 Å². The van der Waals surface area contributed by atoms with E-state index in [0.717, 1.165) is 11.3 Å². The molecule has 0 fully saturated rings. The first-order chi connectivity index (χ1) is 13.5. The van der Waals surface area contributed by atoms with Gasteiger partial charge in [-0.3, -0.25) is 19.6 Å². The molecule has 0 radical (unpaired) electrons. The highest BCUT2D eigenvalue weighted by Crippen LogP contribution is 2.35. The summed E-state index contributed by atoms with van der Waals surface area (Å²) in [5, 5.41) is 18.0. The number of rotatable bonds is 6. The van der Waals surface area contributed by atoms with Gasteiger partial charge in [0.15, 0.2) is 0 Å². The summed E-state index contributed by atoms with van der Waals surface area (Å²) >= 11 is 0.876. The van der Waals surface area contributed by atoms with Crippen molar-refractivity contribution >= 4 is 39.9 Å². The number of hydrogen-bond donors (Lipinski definition) is 1. The lowest BCUT2D eigenvalue weighted by Gasteiger charge is -2.14. The van der Waals surface area contributed by atoms with Gasteiger partial charge in [-0.15, -0.1) is 11.3 Å². The van der Waals surface area contributed by atoms with Crippen LogP contribution >= 0.6 is 11.3 Å². The van der Waals surface area contributed by atoms with Gasteiger partial charge in [-0.05, 0) is 33.3 Å². The third kappa shape index (κ3) is 3.97. The van der Waals surface area contributed by atoms with Gasteiger partial charge in [0, 0.05) is 0 Å². The number of aromatic nitrogens is 2. The van der Waals surface area contributed by atoms with Gasteiger partial charge in [0.05, 0.1) is 24.7 Å². The fraction of sp³-hybridized carbons (Fsp3) is 0.412. The van der Waals surface area contributed by atoms with Crippen LogP contribution in [-0.2, 0) is 14.3 Å². The topological polar surface area (TPSA) is 143 Å². The van der Waals surface area contributed by atoms with Crippen LogP contribution in [0.2, 0.25) is 0 Å². The van der Waals surface area contributed by atoms with Crippen LogP contribution in [0.15, 0.2) is 0 Å². The van der Waals surface area contributed by atoms with Gasteiger partial charge in [-0.1, -0.05) is 0 Å². The maximum atomic E-state index is 12.8. The number of aryl methyl sites for hydroxylation is 1. The molecule has 2 heterocycles. The minimum atomic E-state index is -0.920. The predicted octanol–water partition coefficient (Wildman–Crippen LogP) is 2.55. The molecule has 156 valence electrons. The molecule has 29 heavy (non-hydrogen) atoms. The minimum absolute atomic E-state index is 0.0396. The van der Waals surface area contributed by atoms with Gasteiger partial charge in [-0.2, -0.15) is 5.10 Å². The van der Waals surface area contributed by atoms with Crippen LogP contribution in [0.25, 0.3) is 0 Å². The monoisotopic (exact) mass is 424 g/mol. The summed E-state index contributed by atoms with van der Waals surface area (Å²) in [5.74, 6) is -1.95. The fourth-order valence-electron chi connectivity index (χ4n) is 2.86. The summed E-state index contributed by atoms with van der Waals surface area (Å²) in [5.41, 5.74) is 0.597. The Bertz CT molecular complexity index is 1010. The fourth-order valence-corrected chi connectivity index (χ4v) is 3.98. The smallest absolute Gasteiger partial charge is 0.348 e. The standard InChI is InChI=1S/C17H20N4O7S/c1-7-11(16(23)27-5)15(29-13(7)17(24)28-6)18-14(22)10(4)20-9(3)12(21(25)26)8(2)19-20/h10H,1-6H3,(H,18,22). The maximum Gasteiger partial charge on any atom is 0.348 e. The second-order valence-corrected chi connectivity index (χ2v) is 7.15. The van der Waals surface area contributed by atoms with Crippen LogP contribution in [-0.4, -0.2) is 46.8 Å². The highest BCUT2D eigenvalue weighted by Gasteiger charge is 2.30. The van der Waals surface area contributed by atoms with E-state index in [1.54, 1.807) is 6.92 Å². The van der Waals surface area contributed by atoms with E-state index in [9.17, 15) is 24.5 Å². The molecule has 1 N–H and O–H groups in total. The van der Waals surface area contributed by atoms with Gasteiger partial charge >= 0.3 is 17.6 Å². The number of methoxy groups -OCH3 is 2. The number of carbonyl (C=O) groups excluding carboxylic acids is 3. The molecule has 0 aliphatic heterocycles. The molecule has 1 atom stereocenters. The Hall–Kier alpha value is -3.28. The Kier molecular flexibility index (Phi) is 6.37.